The molecule has 0 spiro atoms. The lowest BCUT2D eigenvalue weighted by molar-refractivity contribution is -0.117. The average Bonchev–Trinajstić information content (AvgIpc) is 2.35. The van der Waals surface area contributed by atoms with Gasteiger partial charge in [-0.1, -0.05) is 25.0 Å². The normalized spacial score (nSPS) is 23.7. The van der Waals surface area contributed by atoms with E-state index < -0.39 is 5.82 Å². The maximum absolute atomic E-state index is 13.4. The molecule has 1 aromatic rings. The Hall–Kier alpha value is -1.42. The number of halogens is 1. The van der Waals surface area contributed by atoms with Crippen molar-refractivity contribution in [2.75, 3.05) is 5.32 Å². The second-order valence-corrected chi connectivity index (χ2v) is 4.94. The van der Waals surface area contributed by atoms with E-state index in [4.69, 9.17) is 5.73 Å². The van der Waals surface area contributed by atoms with Crippen LogP contribution in [-0.4, -0.2) is 11.9 Å². The summed E-state index contributed by atoms with van der Waals surface area (Å²) in [5.74, 6) is -0.327. The van der Waals surface area contributed by atoms with Gasteiger partial charge in [-0.2, -0.15) is 0 Å². The first-order chi connectivity index (χ1) is 8.66. The highest BCUT2D eigenvalue weighted by Gasteiger charge is 2.24. The Balaban J connectivity index is 1.90. The number of amides is 1. The van der Waals surface area contributed by atoms with Gasteiger partial charge in [-0.05, 0) is 30.9 Å². The molecule has 1 aliphatic rings. The summed E-state index contributed by atoms with van der Waals surface area (Å²) in [5, 5.41) is 2.61. The zero-order chi connectivity index (χ0) is 13.0. The second kappa shape index (κ2) is 5.96. The maximum atomic E-state index is 13.4. The van der Waals surface area contributed by atoms with Gasteiger partial charge in [-0.3, -0.25) is 4.79 Å². The van der Waals surface area contributed by atoms with Crippen molar-refractivity contribution >= 4 is 11.6 Å². The maximum Gasteiger partial charge on any atom is 0.224 e. The number of hydrogen-bond acceptors (Lipinski definition) is 2. The molecule has 1 aromatic carbocycles. The first kappa shape index (κ1) is 13.0. The number of anilines is 1. The number of carbonyl (C=O) groups excluding carboxylic acids is 1. The van der Waals surface area contributed by atoms with Gasteiger partial charge in [0.1, 0.15) is 5.82 Å². The summed E-state index contributed by atoms with van der Waals surface area (Å²) in [5.41, 5.74) is 6.24. The largest absolute Gasteiger partial charge is 0.327 e. The van der Waals surface area contributed by atoms with Gasteiger partial charge in [0.15, 0.2) is 0 Å². The van der Waals surface area contributed by atoms with E-state index in [-0.39, 0.29) is 23.6 Å². The molecule has 18 heavy (non-hydrogen) atoms. The fraction of sp³-hybridized carbons (Fsp3) is 0.500. The Morgan fingerprint density at radius 1 is 1.33 bits per heavy atom. The lowest BCUT2D eigenvalue weighted by Crippen LogP contribution is -2.35. The molecule has 3 N–H and O–H groups in total. The first-order valence-electron chi connectivity index (χ1n) is 6.47. The van der Waals surface area contributed by atoms with Crippen LogP contribution in [0.2, 0.25) is 0 Å². The number of nitrogens with one attached hydrogen (secondary N) is 1. The predicted molar refractivity (Wildman–Crippen MR) is 69.6 cm³/mol. The highest BCUT2D eigenvalue weighted by molar-refractivity contribution is 5.91. The van der Waals surface area contributed by atoms with Crippen molar-refractivity contribution in [3.63, 3.8) is 0 Å². The zero-order valence-electron chi connectivity index (χ0n) is 10.4. The molecule has 1 amide bonds. The highest BCUT2D eigenvalue weighted by atomic mass is 19.1. The van der Waals surface area contributed by atoms with Crippen LogP contribution in [0.15, 0.2) is 24.3 Å². The summed E-state index contributed by atoms with van der Waals surface area (Å²) in [6.45, 7) is 0. The fourth-order valence-electron chi connectivity index (χ4n) is 2.49. The predicted octanol–water partition coefficient (Wildman–Crippen LogP) is 2.67. The Labute approximate surface area is 107 Å². The van der Waals surface area contributed by atoms with Crippen molar-refractivity contribution in [3.05, 3.63) is 30.1 Å². The molecule has 1 saturated carbocycles. The van der Waals surface area contributed by atoms with Crippen LogP contribution in [0.5, 0.6) is 0 Å². The van der Waals surface area contributed by atoms with E-state index in [2.05, 4.69) is 5.32 Å². The molecule has 2 rings (SSSR count). The van der Waals surface area contributed by atoms with Crippen LogP contribution in [-0.2, 0) is 4.79 Å². The van der Waals surface area contributed by atoms with E-state index in [1.54, 1.807) is 18.2 Å². The molecule has 3 nitrogen and oxygen atoms in total. The number of nitrogens with two attached hydrogens (primary N) is 1. The van der Waals surface area contributed by atoms with E-state index >= 15 is 0 Å². The topological polar surface area (TPSA) is 55.1 Å². The summed E-state index contributed by atoms with van der Waals surface area (Å²) < 4.78 is 13.4. The Bertz CT molecular complexity index is 422. The van der Waals surface area contributed by atoms with E-state index in [9.17, 15) is 9.18 Å². The van der Waals surface area contributed by atoms with Crippen LogP contribution in [0.3, 0.4) is 0 Å². The van der Waals surface area contributed by atoms with Gasteiger partial charge in [0.05, 0.1) is 5.69 Å². The Morgan fingerprint density at radius 3 is 2.78 bits per heavy atom. The summed E-state index contributed by atoms with van der Waals surface area (Å²) in [7, 11) is 0. The van der Waals surface area contributed by atoms with Crippen molar-refractivity contribution in [3.8, 4) is 0 Å². The number of para-hydroxylation sites is 1. The second-order valence-electron chi connectivity index (χ2n) is 4.94. The molecule has 0 bridgehead atoms. The van der Waals surface area contributed by atoms with Crippen molar-refractivity contribution in [1.29, 1.82) is 0 Å². The summed E-state index contributed by atoms with van der Waals surface area (Å²) >= 11 is 0. The van der Waals surface area contributed by atoms with Gasteiger partial charge in [-0.15, -0.1) is 0 Å². The summed E-state index contributed by atoms with van der Waals surface area (Å²) in [6.07, 6.45) is 4.64. The van der Waals surface area contributed by atoms with E-state index in [0.29, 0.717) is 6.42 Å². The SMILES string of the molecule is NC1CCCCC1CC(=O)Nc1ccccc1F. The van der Waals surface area contributed by atoms with Gasteiger partial charge < -0.3 is 11.1 Å². The Morgan fingerprint density at radius 2 is 2.06 bits per heavy atom. The Kier molecular flexibility index (Phi) is 4.31. The van der Waals surface area contributed by atoms with Crippen LogP contribution >= 0.6 is 0 Å². The van der Waals surface area contributed by atoms with E-state index in [0.717, 1.165) is 25.7 Å². The quantitative estimate of drug-likeness (QED) is 0.866. The van der Waals surface area contributed by atoms with Crippen molar-refractivity contribution in [2.45, 2.75) is 38.1 Å². The monoisotopic (exact) mass is 250 g/mol. The third kappa shape index (κ3) is 3.29. The lowest BCUT2D eigenvalue weighted by atomic mass is 9.83. The van der Waals surface area contributed by atoms with Gasteiger partial charge >= 0.3 is 0 Å². The lowest BCUT2D eigenvalue weighted by Gasteiger charge is -2.27. The zero-order valence-corrected chi connectivity index (χ0v) is 10.4. The van der Waals surface area contributed by atoms with E-state index in [1.165, 1.54) is 6.07 Å². The molecule has 1 aliphatic carbocycles. The minimum atomic E-state index is -0.404. The molecular formula is C14H19FN2O. The van der Waals surface area contributed by atoms with Crippen LogP contribution in [0, 0.1) is 11.7 Å². The standard InChI is InChI=1S/C14H19FN2O/c15-11-6-2-4-8-13(11)17-14(18)9-10-5-1-3-7-12(10)16/h2,4,6,8,10,12H,1,3,5,7,9,16H2,(H,17,18). The third-order valence-electron chi connectivity index (χ3n) is 3.56. The molecule has 1 fully saturated rings. The van der Waals surface area contributed by atoms with Crippen molar-refractivity contribution in [2.24, 2.45) is 11.7 Å². The molecule has 0 aromatic heterocycles. The summed E-state index contributed by atoms with van der Waals surface area (Å²) in [6, 6.07) is 6.30. The number of rotatable bonds is 3. The highest BCUT2D eigenvalue weighted by Crippen LogP contribution is 2.26. The van der Waals surface area contributed by atoms with Crippen LogP contribution in [0.4, 0.5) is 10.1 Å². The van der Waals surface area contributed by atoms with Gasteiger partial charge in [0.25, 0.3) is 0 Å². The average molecular weight is 250 g/mol. The van der Waals surface area contributed by atoms with E-state index in [1.807, 2.05) is 0 Å². The molecule has 2 atom stereocenters. The molecular weight excluding hydrogens is 231 g/mol. The van der Waals surface area contributed by atoms with Gasteiger partial charge in [0.2, 0.25) is 5.91 Å². The molecule has 4 heteroatoms. The van der Waals surface area contributed by atoms with Crippen LogP contribution < -0.4 is 11.1 Å². The molecule has 0 aliphatic heterocycles. The molecule has 98 valence electrons. The molecule has 2 unspecified atom stereocenters. The van der Waals surface area contributed by atoms with Crippen LogP contribution in [0.25, 0.3) is 0 Å². The van der Waals surface area contributed by atoms with Crippen LogP contribution in [0.1, 0.15) is 32.1 Å². The minimum Gasteiger partial charge on any atom is -0.327 e. The van der Waals surface area contributed by atoms with Gasteiger partial charge in [0, 0.05) is 12.5 Å². The smallest absolute Gasteiger partial charge is 0.224 e. The molecule has 0 heterocycles. The number of hydrogen-bond donors (Lipinski definition) is 2. The third-order valence-corrected chi connectivity index (χ3v) is 3.56. The van der Waals surface area contributed by atoms with Gasteiger partial charge in [-0.25, -0.2) is 4.39 Å². The van der Waals surface area contributed by atoms with Crippen molar-refractivity contribution in [1.82, 2.24) is 0 Å². The number of carbonyl (C=O) groups is 1. The fourth-order valence-corrected chi connectivity index (χ4v) is 2.49. The minimum absolute atomic E-state index is 0.102. The first-order valence-corrected chi connectivity index (χ1v) is 6.47. The molecule has 0 radical (unpaired) electrons. The summed E-state index contributed by atoms with van der Waals surface area (Å²) in [4.78, 5) is 11.8. The van der Waals surface area contributed by atoms with Crippen molar-refractivity contribution < 1.29 is 9.18 Å². The molecule has 0 saturated heterocycles. The number of benzene rings is 1.